The minimum absolute atomic E-state index is 0.263. The lowest BCUT2D eigenvalue weighted by Crippen LogP contribution is -2.07. The lowest BCUT2D eigenvalue weighted by Gasteiger charge is -2.17. The van der Waals surface area contributed by atoms with Gasteiger partial charge >= 0.3 is 11.9 Å². The quantitative estimate of drug-likeness (QED) is 0.0663. The summed E-state index contributed by atoms with van der Waals surface area (Å²) in [7, 11) is 0. The highest BCUT2D eigenvalue weighted by Crippen LogP contribution is 2.22. The molecule has 1 fully saturated rings. The predicted octanol–water partition coefficient (Wildman–Crippen LogP) is 5.07. The molecule has 230 valence electrons. The van der Waals surface area contributed by atoms with E-state index in [9.17, 15) is 9.59 Å². The van der Waals surface area contributed by atoms with Gasteiger partial charge in [-0.05, 0) is 43.9 Å². The van der Waals surface area contributed by atoms with Gasteiger partial charge in [0.2, 0.25) is 0 Å². The maximum Gasteiger partial charge on any atom is 0.314 e. The van der Waals surface area contributed by atoms with Crippen molar-refractivity contribution in [2.75, 3.05) is 0 Å². The Hall–Kier alpha value is -1.10. The molecule has 0 atom stereocenters. The molecule has 9 nitrogen and oxygen atoms in total. The van der Waals surface area contributed by atoms with Crippen LogP contribution in [0.2, 0.25) is 0 Å². The number of unbranched alkanes of at least 4 members (excludes halogenated alkanes) is 9. The molecule has 0 unspecified atom stereocenters. The fourth-order valence-electron chi connectivity index (χ4n) is 3.31. The molecule has 0 amide bonds. The van der Waals surface area contributed by atoms with Crippen LogP contribution < -0.4 is 0 Å². The van der Waals surface area contributed by atoms with Crippen molar-refractivity contribution in [2.45, 2.75) is 169 Å². The lowest BCUT2D eigenvalue weighted by molar-refractivity contribution is -0.152. The normalized spacial score (nSPS) is 13.0. The van der Waals surface area contributed by atoms with Crippen molar-refractivity contribution in [2.24, 2.45) is 5.41 Å². The summed E-state index contributed by atoms with van der Waals surface area (Å²) in [6, 6.07) is 0. The van der Waals surface area contributed by atoms with Crippen LogP contribution in [0, 0.1) is 5.41 Å². The number of esters is 2. The highest BCUT2D eigenvalue weighted by atomic mass is 16.6. The summed E-state index contributed by atoms with van der Waals surface area (Å²) in [5.41, 5.74) is 0.375. The number of carbonyl (C=O) groups is 2. The zero-order chi connectivity index (χ0) is 29.8. The number of hydrogen-bond acceptors (Lipinski definition) is 9. The van der Waals surface area contributed by atoms with Gasteiger partial charge in [-0.2, -0.15) is 0 Å². The third-order valence-electron chi connectivity index (χ3n) is 5.51. The van der Waals surface area contributed by atoms with Crippen LogP contribution in [0.3, 0.4) is 0 Å². The van der Waals surface area contributed by atoms with Crippen LogP contribution in [0.15, 0.2) is 0 Å². The molecule has 0 radical (unpaired) electrons. The number of aliphatic hydroxyl groups excluding tert-OH is 3. The number of carbonyl (C=O) groups excluding carboxylic acids is 2. The largest absolute Gasteiger partial charge is 0.393 e. The van der Waals surface area contributed by atoms with Crippen molar-refractivity contribution in [1.29, 1.82) is 0 Å². The van der Waals surface area contributed by atoms with Gasteiger partial charge in [0.1, 0.15) is 0 Å². The summed E-state index contributed by atoms with van der Waals surface area (Å²) in [5, 5.41) is 50.5. The molecule has 9 heteroatoms. The first-order valence-electron chi connectivity index (χ1n) is 14.6. The standard InChI is InChI=1S/C12H26O2.C9H20O2.C4H4O3.C4H10O2/c1-2-3-4-5-6-7-8-9-10-11-12(13)14;1-9(2,3)7-5-4-6-8(10)11;5-3-1-2-4(6)7-3;1-2-3-4(5)6/h12-14H,2-11H2,1H3;8,10-11H,4-7H2,1-3H3;1-2H2;4-6H,2-3H2,1H3. The van der Waals surface area contributed by atoms with E-state index in [1.54, 1.807) is 0 Å². The lowest BCUT2D eigenvalue weighted by atomic mass is 9.89. The van der Waals surface area contributed by atoms with Gasteiger partial charge in [0, 0.05) is 0 Å². The number of ether oxygens (including phenoxy) is 1. The van der Waals surface area contributed by atoms with Crippen LogP contribution in [0.1, 0.15) is 150 Å². The topological polar surface area (TPSA) is 165 Å². The maximum absolute atomic E-state index is 10.0. The first kappa shape index (κ1) is 41.4. The summed E-state index contributed by atoms with van der Waals surface area (Å²) >= 11 is 0. The molecule has 0 aromatic rings. The molecule has 0 spiro atoms. The molecule has 1 aliphatic rings. The molecule has 1 saturated heterocycles. The number of aliphatic hydroxyl groups is 6. The predicted molar refractivity (Wildman–Crippen MR) is 150 cm³/mol. The Bertz CT molecular complexity index is 501. The fraction of sp³-hybridized carbons (Fsp3) is 0.931. The second-order valence-corrected chi connectivity index (χ2v) is 11.0. The SMILES string of the molecule is CC(C)(C)CCCCC(O)O.CCCC(O)O.CCCCCCCCCCCC(O)O.O=C1CCC(=O)O1. The van der Waals surface area contributed by atoms with Crippen LogP contribution in [0.5, 0.6) is 0 Å². The van der Waals surface area contributed by atoms with Crippen LogP contribution in [-0.4, -0.2) is 61.4 Å². The van der Waals surface area contributed by atoms with Gasteiger partial charge in [-0.1, -0.05) is 98.8 Å². The second kappa shape index (κ2) is 28.9. The van der Waals surface area contributed by atoms with Crippen molar-refractivity contribution in [1.82, 2.24) is 0 Å². The van der Waals surface area contributed by atoms with E-state index >= 15 is 0 Å². The zero-order valence-corrected chi connectivity index (χ0v) is 24.9. The summed E-state index contributed by atoms with van der Waals surface area (Å²) in [6.07, 6.45) is 14.2. The smallest absolute Gasteiger partial charge is 0.314 e. The first-order valence-corrected chi connectivity index (χ1v) is 14.6. The van der Waals surface area contributed by atoms with Crippen LogP contribution in [-0.2, 0) is 14.3 Å². The third-order valence-corrected chi connectivity index (χ3v) is 5.51. The fourth-order valence-corrected chi connectivity index (χ4v) is 3.31. The van der Waals surface area contributed by atoms with E-state index in [0.717, 1.165) is 38.5 Å². The highest BCUT2D eigenvalue weighted by Gasteiger charge is 2.19. The highest BCUT2D eigenvalue weighted by molar-refractivity contribution is 5.92. The van der Waals surface area contributed by atoms with E-state index in [4.69, 9.17) is 30.6 Å². The van der Waals surface area contributed by atoms with Crippen molar-refractivity contribution in [3.05, 3.63) is 0 Å². The van der Waals surface area contributed by atoms with E-state index in [2.05, 4.69) is 32.4 Å². The summed E-state index contributed by atoms with van der Waals surface area (Å²) in [5.74, 6) is -0.796. The Labute approximate surface area is 231 Å². The molecule has 0 bridgehead atoms. The Morgan fingerprint density at radius 3 is 1.21 bits per heavy atom. The van der Waals surface area contributed by atoms with Crippen LogP contribution in [0.25, 0.3) is 0 Å². The molecule has 0 aromatic carbocycles. The Kier molecular flexibility index (Phi) is 31.5. The molecule has 6 N–H and O–H groups in total. The Morgan fingerprint density at radius 1 is 0.579 bits per heavy atom. The van der Waals surface area contributed by atoms with E-state index in [0.29, 0.717) is 24.7 Å². The van der Waals surface area contributed by atoms with Crippen molar-refractivity contribution in [3.8, 4) is 0 Å². The third kappa shape index (κ3) is 44.9. The molecule has 1 rings (SSSR count). The van der Waals surface area contributed by atoms with Crippen molar-refractivity contribution in [3.63, 3.8) is 0 Å². The molecule has 0 aliphatic carbocycles. The number of hydrogen-bond donors (Lipinski definition) is 6. The molecular formula is C29H60O9. The summed E-state index contributed by atoms with van der Waals surface area (Å²) < 4.78 is 4.08. The Morgan fingerprint density at radius 2 is 0.947 bits per heavy atom. The molecule has 38 heavy (non-hydrogen) atoms. The minimum atomic E-state index is -1.12. The first-order chi connectivity index (χ1) is 17.7. The molecule has 0 saturated carbocycles. The number of cyclic esters (lactones) is 2. The molecular weight excluding hydrogens is 492 g/mol. The van der Waals surface area contributed by atoms with Gasteiger partial charge in [0.15, 0.2) is 18.9 Å². The summed E-state index contributed by atoms with van der Waals surface area (Å²) in [4.78, 5) is 20.0. The van der Waals surface area contributed by atoms with Gasteiger partial charge in [-0.25, -0.2) is 0 Å². The van der Waals surface area contributed by atoms with E-state index < -0.39 is 30.8 Å². The molecule has 1 heterocycles. The summed E-state index contributed by atoms with van der Waals surface area (Å²) in [6.45, 7) is 10.7. The zero-order valence-electron chi connectivity index (χ0n) is 24.9. The number of rotatable bonds is 16. The van der Waals surface area contributed by atoms with Gasteiger partial charge in [0.25, 0.3) is 0 Å². The monoisotopic (exact) mass is 552 g/mol. The van der Waals surface area contributed by atoms with Gasteiger partial charge < -0.3 is 35.4 Å². The van der Waals surface area contributed by atoms with Gasteiger partial charge in [-0.3, -0.25) is 9.59 Å². The average Bonchev–Trinajstić information content (AvgIpc) is 3.18. The second-order valence-electron chi connectivity index (χ2n) is 11.0. The van der Waals surface area contributed by atoms with Crippen molar-refractivity contribution < 1.29 is 45.0 Å². The van der Waals surface area contributed by atoms with Crippen LogP contribution >= 0.6 is 0 Å². The van der Waals surface area contributed by atoms with E-state index in [1.807, 2.05) is 6.92 Å². The van der Waals surface area contributed by atoms with E-state index in [1.165, 1.54) is 44.9 Å². The molecule has 1 aliphatic heterocycles. The molecule has 0 aromatic heterocycles. The van der Waals surface area contributed by atoms with Gasteiger partial charge in [0.05, 0.1) is 12.8 Å². The van der Waals surface area contributed by atoms with Crippen molar-refractivity contribution >= 4 is 11.9 Å². The van der Waals surface area contributed by atoms with Gasteiger partial charge in [-0.15, -0.1) is 0 Å². The van der Waals surface area contributed by atoms with Crippen LogP contribution in [0.4, 0.5) is 0 Å². The minimum Gasteiger partial charge on any atom is -0.393 e. The average molecular weight is 553 g/mol. The maximum atomic E-state index is 10.0. The Balaban J connectivity index is -0.000000453. The van der Waals surface area contributed by atoms with E-state index in [-0.39, 0.29) is 12.8 Å².